The van der Waals surface area contributed by atoms with E-state index < -0.39 is 0 Å². The Morgan fingerprint density at radius 2 is 2.31 bits per heavy atom. The van der Waals surface area contributed by atoms with Crippen molar-refractivity contribution in [1.29, 1.82) is 0 Å². The van der Waals surface area contributed by atoms with Crippen LogP contribution in [-0.4, -0.2) is 9.97 Å². The molecule has 0 saturated carbocycles. The molecule has 0 aliphatic rings. The van der Waals surface area contributed by atoms with Gasteiger partial charge in [-0.3, -0.25) is 0 Å². The van der Waals surface area contributed by atoms with Crippen molar-refractivity contribution in [1.82, 2.24) is 9.97 Å². The zero-order valence-corrected chi connectivity index (χ0v) is 8.97. The van der Waals surface area contributed by atoms with Crippen LogP contribution in [0.5, 0.6) is 0 Å². The highest BCUT2D eigenvalue weighted by Gasteiger charge is 1.96. The summed E-state index contributed by atoms with van der Waals surface area (Å²) in [7, 11) is 0. The second-order valence-corrected chi connectivity index (χ2v) is 3.96. The van der Waals surface area contributed by atoms with Crippen LogP contribution in [0.3, 0.4) is 0 Å². The lowest BCUT2D eigenvalue weighted by Crippen LogP contribution is -1.92. The standard InChI is InChI=1S/C8H6BrN3S/c9-7-3-8(11-5-10-7)12-6-1-2-13-4-6/h1-5H,(H,10,11,12). The summed E-state index contributed by atoms with van der Waals surface area (Å²) in [4.78, 5) is 8.00. The van der Waals surface area contributed by atoms with Gasteiger partial charge in [-0.15, -0.1) is 0 Å². The van der Waals surface area contributed by atoms with E-state index in [0.29, 0.717) is 0 Å². The summed E-state index contributed by atoms with van der Waals surface area (Å²) in [5.74, 6) is 0.792. The summed E-state index contributed by atoms with van der Waals surface area (Å²) < 4.78 is 0.778. The van der Waals surface area contributed by atoms with E-state index >= 15 is 0 Å². The summed E-state index contributed by atoms with van der Waals surface area (Å²) in [6, 6.07) is 3.83. The first-order valence-corrected chi connectivity index (χ1v) is 5.35. The van der Waals surface area contributed by atoms with Gasteiger partial charge in [-0.2, -0.15) is 11.3 Å². The number of nitrogens with zero attached hydrogens (tertiary/aromatic N) is 2. The summed E-state index contributed by atoms with van der Waals surface area (Å²) in [6.07, 6.45) is 1.51. The molecule has 3 nitrogen and oxygen atoms in total. The van der Waals surface area contributed by atoms with Crippen molar-refractivity contribution in [3.05, 3.63) is 33.8 Å². The van der Waals surface area contributed by atoms with Gasteiger partial charge in [0, 0.05) is 11.4 Å². The van der Waals surface area contributed by atoms with Gasteiger partial charge in [-0.1, -0.05) is 0 Å². The quantitative estimate of drug-likeness (QED) is 0.839. The summed E-state index contributed by atoms with van der Waals surface area (Å²) in [5.41, 5.74) is 1.05. The molecule has 0 saturated heterocycles. The molecule has 0 radical (unpaired) electrons. The van der Waals surface area contributed by atoms with Crippen LogP contribution >= 0.6 is 27.3 Å². The lowest BCUT2D eigenvalue weighted by molar-refractivity contribution is 1.14. The molecule has 5 heteroatoms. The van der Waals surface area contributed by atoms with E-state index in [9.17, 15) is 0 Å². The molecule has 0 amide bonds. The van der Waals surface area contributed by atoms with E-state index in [4.69, 9.17) is 0 Å². The van der Waals surface area contributed by atoms with Crippen molar-refractivity contribution < 1.29 is 0 Å². The van der Waals surface area contributed by atoms with Crippen molar-refractivity contribution in [2.75, 3.05) is 5.32 Å². The van der Waals surface area contributed by atoms with Gasteiger partial charge in [0.05, 0.1) is 5.69 Å². The molecular weight excluding hydrogens is 250 g/mol. The number of rotatable bonds is 2. The third-order valence-corrected chi connectivity index (χ3v) is 2.54. The Balaban J connectivity index is 2.19. The van der Waals surface area contributed by atoms with Crippen molar-refractivity contribution >= 4 is 38.8 Å². The zero-order chi connectivity index (χ0) is 9.10. The SMILES string of the molecule is Brc1cc(Nc2ccsc2)ncn1. The fraction of sp³-hybridized carbons (Fsp3) is 0. The van der Waals surface area contributed by atoms with Gasteiger partial charge in [-0.25, -0.2) is 9.97 Å². The van der Waals surface area contributed by atoms with Gasteiger partial charge >= 0.3 is 0 Å². The molecule has 13 heavy (non-hydrogen) atoms. The molecule has 2 heterocycles. The maximum Gasteiger partial charge on any atom is 0.134 e. The van der Waals surface area contributed by atoms with E-state index in [-0.39, 0.29) is 0 Å². The monoisotopic (exact) mass is 255 g/mol. The first-order chi connectivity index (χ1) is 6.34. The second-order valence-electron chi connectivity index (χ2n) is 2.36. The molecule has 0 atom stereocenters. The normalized spacial score (nSPS) is 9.92. The summed E-state index contributed by atoms with van der Waals surface area (Å²) in [6.45, 7) is 0. The van der Waals surface area contributed by atoms with E-state index in [1.807, 2.05) is 22.9 Å². The molecular formula is C8H6BrN3S. The number of hydrogen-bond acceptors (Lipinski definition) is 4. The molecule has 2 aromatic heterocycles. The Labute approximate surface area is 88.0 Å². The van der Waals surface area contributed by atoms with Crippen molar-refractivity contribution in [3.63, 3.8) is 0 Å². The van der Waals surface area contributed by atoms with Crippen LogP contribution in [0.25, 0.3) is 0 Å². The predicted molar refractivity (Wildman–Crippen MR) is 57.3 cm³/mol. The number of thiophene rings is 1. The van der Waals surface area contributed by atoms with Crippen molar-refractivity contribution in [2.24, 2.45) is 0 Å². The Bertz CT molecular complexity index is 388. The van der Waals surface area contributed by atoms with Crippen LogP contribution < -0.4 is 5.32 Å². The van der Waals surface area contributed by atoms with Crippen LogP contribution in [0.15, 0.2) is 33.8 Å². The van der Waals surface area contributed by atoms with Gasteiger partial charge in [0.1, 0.15) is 16.7 Å². The fourth-order valence-electron chi connectivity index (χ4n) is 0.885. The van der Waals surface area contributed by atoms with E-state index in [1.54, 1.807) is 11.3 Å². The lowest BCUT2D eigenvalue weighted by atomic mass is 10.5. The maximum atomic E-state index is 4.07. The van der Waals surface area contributed by atoms with Crippen LogP contribution in [0.1, 0.15) is 0 Å². The van der Waals surface area contributed by atoms with Crippen molar-refractivity contribution in [2.45, 2.75) is 0 Å². The Hall–Kier alpha value is -0.940. The molecule has 0 spiro atoms. The minimum Gasteiger partial charge on any atom is -0.339 e. The maximum absolute atomic E-state index is 4.07. The van der Waals surface area contributed by atoms with Crippen LogP contribution in [0.4, 0.5) is 11.5 Å². The molecule has 0 fully saturated rings. The Kier molecular flexibility index (Phi) is 2.56. The van der Waals surface area contributed by atoms with E-state index in [1.165, 1.54) is 6.33 Å². The number of nitrogens with one attached hydrogen (secondary N) is 1. The minimum atomic E-state index is 0.778. The smallest absolute Gasteiger partial charge is 0.134 e. The van der Waals surface area contributed by atoms with Gasteiger partial charge in [0.15, 0.2) is 0 Å². The molecule has 0 aliphatic carbocycles. The Morgan fingerprint density at radius 1 is 1.38 bits per heavy atom. The Morgan fingerprint density at radius 3 is 3.00 bits per heavy atom. The molecule has 0 bridgehead atoms. The molecule has 2 rings (SSSR count). The number of hydrogen-bond donors (Lipinski definition) is 1. The van der Waals surface area contributed by atoms with E-state index in [2.05, 4.69) is 31.2 Å². The van der Waals surface area contributed by atoms with Crippen LogP contribution in [0.2, 0.25) is 0 Å². The average molecular weight is 256 g/mol. The van der Waals surface area contributed by atoms with Crippen molar-refractivity contribution in [3.8, 4) is 0 Å². The van der Waals surface area contributed by atoms with Gasteiger partial charge in [0.2, 0.25) is 0 Å². The summed E-state index contributed by atoms with van der Waals surface area (Å²) in [5, 5.41) is 7.19. The van der Waals surface area contributed by atoms with Gasteiger partial charge < -0.3 is 5.32 Å². The second kappa shape index (κ2) is 3.85. The molecule has 0 aliphatic heterocycles. The predicted octanol–water partition coefficient (Wildman–Crippen LogP) is 3.04. The zero-order valence-electron chi connectivity index (χ0n) is 6.57. The number of aromatic nitrogens is 2. The first kappa shape index (κ1) is 8.65. The lowest BCUT2D eigenvalue weighted by Gasteiger charge is -2.01. The minimum absolute atomic E-state index is 0.778. The highest BCUT2D eigenvalue weighted by molar-refractivity contribution is 9.10. The highest BCUT2D eigenvalue weighted by Crippen LogP contribution is 2.18. The number of halogens is 1. The van der Waals surface area contributed by atoms with Gasteiger partial charge in [0.25, 0.3) is 0 Å². The first-order valence-electron chi connectivity index (χ1n) is 3.61. The molecule has 0 unspecified atom stereocenters. The average Bonchev–Trinajstić information content (AvgIpc) is 2.57. The van der Waals surface area contributed by atoms with Gasteiger partial charge in [-0.05, 0) is 27.4 Å². The molecule has 66 valence electrons. The molecule has 0 aromatic carbocycles. The highest BCUT2D eigenvalue weighted by atomic mass is 79.9. The third-order valence-electron chi connectivity index (χ3n) is 1.43. The molecule has 2 aromatic rings. The topological polar surface area (TPSA) is 37.8 Å². The largest absolute Gasteiger partial charge is 0.339 e. The third kappa shape index (κ3) is 2.26. The van der Waals surface area contributed by atoms with Crippen LogP contribution in [-0.2, 0) is 0 Å². The van der Waals surface area contributed by atoms with Crippen LogP contribution in [0, 0.1) is 0 Å². The fourth-order valence-corrected chi connectivity index (χ4v) is 1.78. The molecule has 1 N–H and O–H groups in total. The number of anilines is 2. The van der Waals surface area contributed by atoms with E-state index in [0.717, 1.165) is 16.1 Å². The summed E-state index contributed by atoms with van der Waals surface area (Å²) >= 11 is 4.92.